The zero-order chi connectivity index (χ0) is 25.2. The summed E-state index contributed by atoms with van der Waals surface area (Å²) in [6.45, 7) is 6.26. The first-order chi connectivity index (χ1) is 17.4. The number of pyridine rings is 1. The minimum Gasteiger partial charge on any atom is -0.354 e. The van der Waals surface area contributed by atoms with Gasteiger partial charge >= 0.3 is 0 Å². The number of benzene rings is 1. The lowest BCUT2D eigenvalue weighted by Crippen LogP contribution is -2.48. The van der Waals surface area contributed by atoms with Crippen LogP contribution in [0.25, 0.3) is 21.5 Å². The highest BCUT2D eigenvalue weighted by atomic mass is 32.1. The topological polar surface area (TPSA) is 90.4 Å². The molecule has 0 aliphatic carbocycles. The molecule has 9 nitrogen and oxygen atoms in total. The zero-order valence-electron chi connectivity index (χ0n) is 20.4. The van der Waals surface area contributed by atoms with Crippen molar-refractivity contribution in [3.05, 3.63) is 54.2 Å². The van der Waals surface area contributed by atoms with Crippen LogP contribution in [0.3, 0.4) is 0 Å². The number of aromatic nitrogens is 4. The van der Waals surface area contributed by atoms with Crippen molar-refractivity contribution < 1.29 is 9.18 Å². The van der Waals surface area contributed by atoms with Crippen LogP contribution in [0.1, 0.15) is 17.4 Å². The summed E-state index contributed by atoms with van der Waals surface area (Å²) in [4.78, 5) is 36.3. The molecule has 5 rings (SSSR count). The largest absolute Gasteiger partial charge is 0.354 e. The summed E-state index contributed by atoms with van der Waals surface area (Å²) in [5, 5.41) is 3.93. The minimum absolute atomic E-state index is 0.0764. The fraction of sp³-hybridized carbons (Fsp3) is 0.320. The molecule has 0 unspecified atom stereocenters. The van der Waals surface area contributed by atoms with E-state index in [1.807, 2.05) is 42.1 Å². The molecule has 1 amide bonds. The summed E-state index contributed by atoms with van der Waals surface area (Å²) in [6.07, 6.45) is 2.70. The number of thiazole rings is 1. The number of fused-ring (bicyclic) bond motifs is 1. The van der Waals surface area contributed by atoms with Crippen LogP contribution in [0.5, 0.6) is 0 Å². The molecule has 4 heterocycles. The number of carbonyl (C=O) groups is 1. The normalized spacial score (nSPS) is 14.3. The summed E-state index contributed by atoms with van der Waals surface area (Å²) >= 11 is 1.57. The van der Waals surface area contributed by atoms with Crippen molar-refractivity contribution in [2.45, 2.75) is 6.92 Å². The first-order valence-electron chi connectivity index (χ1n) is 11.8. The van der Waals surface area contributed by atoms with Gasteiger partial charge in [0.05, 0.1) is 28.3 Å². The van der Waals surface area contributed by atoms with Crippen LogP contribution < -0.4 is 10.2 Å². The summed E-state index contributed by atoms with van der Waals surface area (Å²) in [5.41, 5.74) is 2.57. The van der Waals surface area contributed by atoms with Gasteiger partial charge in [0, 0.05) is 45.8 Å². The first-order valence-corrected chi connectivity index (χ1v) is 12.6. The standard InChI is InChI=1S/C25H27FN8OS/c1-4-33-9-11-34(12-10-33)23(35)19-7-6-17(14-27-19)29-24-28-15-18(26)22(31-24)16-5-8-21-20(13-16)30-25(36-21)32(2)3/h5-8,13-15H,4,9-12H2,1-3H3,(H,28,29,31). The molecule has 0 spiro atoms. The highest BCUT2D eigenvalue weighted by Gasteiger charge is 2.22. The van der Waals surface area contributed by atoms with E-state index in [1.165, 1.54) is 0 Å². The number of hydrogen-bond donors (Lipinski definition) is 1. The summed E-state index contributed by atoms with van der Waals surface area (Å²) in [5.74, 6) is -0.368. The lowest BCUT2D eigenvalue weighted by molar-refractivity contribution is 0.0637. The predicted octanol–water partition coefficient (Wildman–Crippen LogP) is 3.87. The van der Waals surface area contributed by atoms with Gasteiger partial charge < -0.3 is 20.0 Å². The third-order valence-corrected chi connectivity index (χ3v) is 7.33. The number of amides is 1. The lowest BCUT2D eigenvalue weighted by Gasteiger charge is -2.33. The molecule has 1 fully saturated rings. The molecule has 1 aliphatic rings. The monoisotopic (exact) mass is 506 g/mol. The zero-order valence-corrected chi connectivity index (χ0v) is 21.2. The van der Waals surface area contributed by atoms with E-state index in [0.717, 1.165) is 41.2 Å². The molecule has 1 saturated heterocycles. The van der Waals surface area contributed by atoms with Crippen molar-refractivity contribution in [1.29, 1.82) is 0 Å². The molecule has 0 atom stereocenters. The maximum atomic E-state index is 14.7. The van der Waals surface area contributed by atoms with E-state index in [2.05, 4.69) is 37.1 Å². The average molecular weight is 507 g/mol. The van der Waals surface area contributed by atoms with E-state index in [9.17, 15) is 9.18 Å². The van der Waals surface area contributed by atoms with Gasteiger partial charge in [0.2, 0.25) is 5.95 Å². The van der Waals surface area contributed by atoms with E-state index in [1.54, 1.807) is 29.7 Å². The van der Waals surface area contributed by atoms with E-state index >= 15 is 0 Å². The van der Waals surface area contributed by atoms with E-state index < -0.39 is 5.82 Å². The second kappa shape index (κ2) is 10.1. The van der Waals surface area contributed by atoms with Crippen LogP contribution >= 0.6 is 11.3 Å². The molecule has 11 heteroatoms. The average Bonchev–Trinajstić information content (AvgIpc) is 3.34. The van der Waals surface area contributed by atoms with Gasteiger partial charge in [-0.05, 0) is 30.8 Å². The second-order valence-corrected chi connectivity index (χ2v) is 9.76. The molecule has 3 aromatic heterocycles. The van der Waals surface area contributed by atoms with Gasteiger partial charge in [-0.15, -0.1) is 0 Å². The summed E-state index contributed by atoms with van der Waals surface area (Å²) in [7, 11) is 3.87. The molecule has 0 saturated carbocycles. The van der Waals surface area contributed by atoms with Crippen molar-refractivity contribution in [3.8, 4) is 11.3 Å². The van der Waals surface area contributed by atoms with Crippen LogP contribution in [0.15, 0.2) is 42.7 Å². The molecule has 36 heavy (non-hydrogen) atoms. The Kier molecular flexibility index (Phi) is 6.75. The number of halogens is 1. The number of nitrogens with zero attached hydrogens (tertiary/aromatic N) is 7. The van der Waals surface area contributed by atoms with Gasteiger partial charge in [0.15, 0.2) is 10.9 Å². The molecule has 186 valence electrons. The Morgan fingerprint density at radius 1 is 1.08 bits per heavy atom. The van der Waals surface area contributed by atoms with Gasteiger partial charge in [-0.1, -0.05) is 24.3 Å². The predicted molar refractivity (Wildman–Crippen MR) is 140 cm³/mol. The van der Waals surface area contributed by atoms with E-state index in [4.69, 9.17) is 0 Å². The number of anilines is 3. The number of likely N-dealkylation sites (N-methyl/N-ethyl adjacent to an activating group) is 1. The Hall–Kier alpha value is -3.70. The fourth-order valence-corrected chi connectivity index (χ4v) is 4.90. The van der Waals surface area contributed by atoms with Crippen LogP contribution in [0.4, 0.5) is 21.2 Å². The third kappa shape index (κ3) is 4.98. The first kappa shape index (κ1) is 24.0. The van der Waals surface area contributed by atoms with Crippen molar-refractivity contribution in [2.24, 2.45) is 0 Å². The van der Waals surface area contributed by atoms with E-state index in [0.29, 0.717) is 30.0 Å². The van der Waals surface area contributed by atoms with E-state index in [-0.39, 0.29) is 17.5 Å². The molecule has 0 bridgehead atoms. The fourth-order valence-electron chi connectivity index (χ4n) is 4.04. The number of carbonyl (C=O) groups excluding carboxylic acids is 1. The Bertz CT molecular complexity index is 1380. The SMILES string of the molecule is CCN1CCN(C(=O)c2ccc(Nc3ncc(F)c(-c4ccc5sc(N(C)C)nc5c4)n3)cn2)CC1. The maximum Gasteiger partial charge on any atom is 0.272 e. The molecule has 4 aromatic rings. The van der Waals surface area contributed by atoms with Gasteiger partial charge in [-0.25, -0.2) is 24.3 Å². The number of hydrogen-bond acceptors (Lipinski definition) is 9. The lowest BCUT2D eigenvalue weighted by atomic mass is 10.1. The molecular weight excluding hydrogens is 479 g/mol. The minimum atomic E-state index is -0.523. The number of rotatable bonds is 6. The molecule has 1 aliphatic heterocycles. The van der Waals surface area contributed by atoms with Crippen LogP contribution in [-0.4, -0.2) is 82.5 Å². The second-order valence-electron chi connectivity index (χ2n) is 8.75. The smallest absolute Gasteiger partial charge is 0.272 e. The molecular formula is C25H27FN8OS. The molecule has 1 aromatic carbocycles. The number of piperazine rings is 1. The Morgan fingerprint density at radius 2 is 1.89 bits per heavy atom. The Labute approximate surface area is 212 Å². The third-order valence-electron chi connectivity index (χ3n) is 6.12. The maximum absolute atomic E-state index is 14.7. The van der Waals surface area contributed by atoms with Crippen LogP contribution in [-0.2, 0) is 0 Å². The van der Waals surface area contributed by atoms with Gasteiger partial charge in [-0.2, -0.15) is 0 Å². The summed E-state index contributed by atoms with van der Waals surface area (Å²) < 4.78 is 15.7. The quantitative estimate of drug-likeness (QED) is 0.422. The molecule has 1 N–H and O–H groups in total. The van der Waals surface area contributed by atoms with Crippen LogP contribution in [0, 0.1) is 5.82 Å². The Balaban J connectivity index is 1.31. The van der Waals surface area contributed by atoms with Gasteiger partial charge in [0.25, 0.3) is 5.91 Å². The van der Waals surface area contributed by atoms with Crippen LogP contribution in [0.2, 0.25) is 0 Å². The van der Waals surface area contributed by atoms with Crippen molar-refractivity contribution in [2.75, 3.05) is 57.0 Å². The highest BCUT2D eigenvalue weighted by Crippen LogP contribution is 2.31. The Morgan fingerprint density at radius 3 is 2.58 bits per heavy atom. The van der Waals surface area contributed by atoms with Gasteiger partial charge in [0.1, 0.15) is 11.4 Å². The number of nitrogens with one attached hydrogen (secondary N) is 1. The van der Waals surface area contributed by atoms with Crippen molar-refractivity contribution in [3.63, 3.8) is 0 Å². The van der Waals surface area contributed by atoms with Gasteiger partial charge in [-0.3, -0.25) is 4.79 Å². The van der Waals surface area contributed by atoms with Crippen molar-refractivity contribution in [1.82, 2.24) is 29.7 Å². The van der Waals surface area contributed by atoms with Crippen molar-refractivity contribution >= 4 is 44.2 Å². The summed E-state index contributed by atoms with van der Waals surface area (Å²) in [6, 6.07) is 9.01. The molecule has 0 radical (unpaired) electrons. The highest BCUT2D eigenvalue weighted by molar-refractivity contribution is 7.22.